The Kier molecular flexibility index (Phi) is 2.24. The van der Waals surface area contributed by atoms with Gasteiger partial charge in [-0.3, -0.25) is 4.79 Å². The highest BCUT2D eigenvalue weighted by atomic mass is 32.2. The van der Waals surface area contributed by atoms with Crippen LogP contribution in [0.4, 0.5) is 0 Å². The molecule has 1 aliphatic carbocycles. The van der Waals surface area contributed by atoms with Gasteiger partial charge in [0.15, 0.2) is 9.84 Å². The maximum absolute atomic E-state index is 13.2. The average molecular weight is 364 g/mol. The van der Waals surface area contributed by atoms with Gasteiger partial charge in [0.1, 0.15) is 10.5 Å². The Morgan fingerprint density at radius 1 is 1.04 bits per heavy atom. The Morgan fingerprint density at radius 2 is 1.76 bits per heavy atom. The third-order valence-electron chi connectivity index (χ3n) is 8.40. The van der Waals surface area contributed by atoms with Crippen LogP contribution < -0.4 is 0 Å². The van der Waals surface area contributed by atoms with Gasteiger partial charge in [-0.05, 0) is 12.3 Å². The van der Waals surface area contributed by atoms with Crippen molar-refractivity contribution in [3.63, 3.8) is 0 Å². The molecule has 1 saturated carbocycles. The van der Waals surface area contributed by atoms with Crippen molar-refractivity contribution in [1.82, 2.24) is 0 Å². The summed E-state index contributed by atoms with van der Waals surface area (Å²) < 4.78 is 44.1. The van der Waals surface area contributed by atoms with E-state index in [0.717, 1.165) is 6.42 Å². The van der Waals surface area contributed by atoms with Crippen molar-refractivity contribution in [3.8, 4) is 0 Å². The second-order valence-corrected chi connectivity index (χ2v) is 11.2. The molecule has 0 N–H and O–H groups in total. The lowest BCUT2D eigenvalue weighted by atomic mass is 9.57. The number of carbonyl (C=O) groups excluding carboxylic acids is 1. The van der Waals surface area contributed by atoms with Crippen molar-refractivity contribution < 1.29 is 27.4 Å². The number of ether oxygens (including phenoxy) is 3. The zero-order valence-electron chi connectivity index (χ0n) is 13.8. The number of carbonyl (C=O) groups is 1. The smallest absolute Gasteiger partial charge is 0.158 e. The minimum Gasteiger partial charge on any atom is -0.372 e. The molecule has 6 bridgehead atoms. The Hall–Kier alpha value is -0.760. The predicted molar refractivity (Wildman–Crippen MR) is 84.4 cm³/mol. The number of sulfone groups is 1. The molecule has 134 valence electrons. The van der Waals surface area contributed by atoms with E-state index in [1.807, 2.05) is 0 Å². The fourth-order valence-corrected chi connectivity index (χ4v) is 9.95. The first-order valence-corrected chi connectivity index (χ1v) is 11.2. The van der Waals surface area contributed by atoms with Gasteiger partial charge < -0.3 is 14.2 Å². The highest BCUT2D eigenvalue weighted by Crippen LogP contribution is 2.71. The van der Waals surface area contributed by atoms with Crippen molar-refractivity contribution in [2.75, 3.05) is 6.26 Å². The third-order valence-corrected chi connectivity index (χ3v) is 10.4. The number of rotatable bonds is 1. The van der Waals surface area contributed by atoms with Gasteiger partial charge in [0.2, 0.25) is 0 Å². The van der Waals surface area contributed by atoms with Gasteiger partial charge >= 0.3 is 0 Å². The quantitative estimate of drug-likeness (QED) is 0.615. The molecule has 0 aromatic carbocycles. The van der Waals surface area contributed by atoms with Crippen LogP contribution in [-0.2, 0) is 28.8 Å². The molecule has 0 radical (unpaired) electrons. The van der Waals surface area contributed by atoms with Gasteiger partial charge in [0.25, 0.3) is 0 Å². The number of fused-ring (bicyclic) bond motifs is 19. The SMILES string of the molecule is CS(=O)(=O)[C@]12[C@H]([C@H]3O[C@@H]1[C@@H]1CCC(=O)[C@@H]13)[C@H]1O[C@@H]2[C@@H]2[C@H]1[C@H]1C=C[C@@H]2O1. The Balaban J connectivity index is 1.45. The van der Waals surface area contributed by atoms with E-state index in [9.17, 15) is 13.2 Å². The van der Waals surface area contributed by atoms with E-state index in [4.69, 9.17) is 14.2 Å². The summed E-state index contributed by atoms with van der Waals surface area (Å²) in [5, 5.41) is 0. The lowest BCUT2D eigenvalue weighted by Gasteiger charge is -2.48. The average Bonchev–Trinajstić information content (AvgIpc) is 3.35. The first-order chi connectivity index (χ1) is 11.9. The Bertz CT molecular complexity index is 850. The zero-order valence-corrected chi connectivity index (χ0v) is 14.6. The van der Waals surface area contributed by atoms with Crippen LogP contribution in [0, 0.1) is 29.6 Å². The standard InChI is InChI=1S/C18H20O6S/c1-25(20,21)18-13(14-10-6(16(18)23-14)2-3-7(10)19)15-11-8-4-5-9(22-8)12(11)17(18)24-15/h4-6,8-17H,2-3H2,1H3/t6-,8-,9+,10-,11-,12+,13-,14+,15+,16-,17-,18-/m1/s1. The maximum Gasteiger partial charge on any atom is 0.158 e. The summed E-state index contributed by atoms with van der Waals surface area (Å²) in [6, 6.07) is 0. The van der Waals surface area contributed by atoms with E-state index in [1.54, 1.807) is 0 Å². The van der Waals surface area contributed by atoms with Crippen LogP contribution in [0.5, 0.6) is 0 Å². The molecule has 6 fully saturated rings. The molecular formula is C18H20O6S. The van der Waals surface area contributed by atoms with Crippen molar-refractivity contribution in [2.45, 2.75) is 54.2 Å². The van der Waals surface area contributed by atoms with Crippen LogP contribution in [0.25, 0.3) is 0 Å². The zero-order chi connectivity index (χ0) is 16.9. The van der Waals surface area contributed by atoms with Crippen LogP contribution in [0.15, 0.2) is 12.2 Å². The first kappa shape index (κ1) is 14.3. The molecule has 6 nitrogen and oxygen atoms in total. The van der Waals surface area contributed by atoms with E-state index < -0.39 is 20.7 Å². The van der Waals surface area contributed by atoms with Gasteiger partial charge in [0, 0.05) is 36.3 Å². The Morgan fingerprint density at radius 3 is 2.52 bits per heavy atom. The lowest BCUT2D eigenvalue weighted by Crippen LogP contribution is -2.67. The van der Waals surface area contributed by atoms with Crippen LogP contribution in [0.3, 0.4) is 0 Å². The number of hydrogen-bond donors (Lipinski definition) is 0. The van der Waals surface area contributed by atoms with Crippen molar-refractivity contribution in [1.29, 1.82) is 0 Å². The molecule has 7 rings (SSSR count). The fourth-order valence-electron chi connectivity index (χ4n) is 7.90. The fraction of sp³-hybridized carbons (Fsp3) is 0.833. The van der Waals surface area contributed by atoms with Crippen LogP contribution in [-0.4, -0.2) is 61.8 Å². The van der Waals surface area contributed by atoms with Crippen molar-refractivity contribution in [2.24, 2.45) is 29.6 Å². The van der Waals surface area contributed by atoms with Gasteiger partial charge in [-0.25, -0.2) is 8.42 Å². The molecule has 6 aliphatic heterocycles. The summed E-state index contributed by atoms with van der Waals surface area (Å²) in [5.41, 5.74) is 0. The van der Waals surface area contributed by atoms with E-state index >= 15 is 0 Å². The second-order valence-electron chi connectivity index (χ2n) is 8.99. The van der Waals surface area contributed by atoms with Gasteiger partial charge in [-0.2, -0.15) is 0 Å². The van der Waals surface area contributed by atoms with E-state index in [2.05, 4.69) is 12.2 Å². The highest BCUT2D eigenvalue weighted by molar-refractivity contribution is 7.92. The molecule has 0 amide bonds. The lowest BCUT2D eigenvalue weighted by molar-refractivity contribution is -0.123. The number of ketones is 1. The Labute approximate surface area is 145 Å². The van der Waals surface area contributed by atoms with Gasteiger partial charge in [-0.15, -0.1) is 0 Å². The summed E-state index contributed by atoms with van der Waals surface area (Å²) >= 11 is 0. The molecule has 7 heteroatoms. The molecular weight excluding hydrogens is 344 g/mol. The van der Waals surface area contributed by atoms with Crippen molar-refractivity contribution >= 4 is 15.6 Å². The minimum absolute atomic E-state index is 0.0248. The predicted octanol–water partition coefficient (Wildman–Crippen LogP) is 0.113. The third kappa shape index (κ3) is 1.23. The first-order valence-electron chi connectivity index (χ1n) is 9.31. The molecule has 12 atom stereocenters. The highest BCUT2D eigenvalue weighted by Gasteiger charge is 2.86. The van der Waals surface area contributed by atoms with Crippen LogP contribution in [0.2, 0.25) is 0 Å². The monoisotopic (exact) mass is 364 g/mol. The summed E-state index contributed by atoms with van der Waals surface area (Å²) in [6.45, 7) is 0. The molecule has 0 aromatic rings. The van der Waals surface area contributed by atoms with Gasteiger partial charge in [-0.1, -0.05) is 12.2 Å². The molecule has 0 unspecified atom stereocenters. The van der Waals surface area contributed by atoms with E-state index in [1.165, 1.54) is 6.26 Å². The van der Waals surface area contributed by atoms with E-state index in [-0.39, 0.29) is 65.9 Å². The summed E-state index contributed by atoms with van der Waals surface area (Å²) in [6.07, 6.45) is 5.59. The van der Waals surface area contributed by atoms with Crippen molar-refractivity contribution in [3.05, 3.63) is 12.2 Å². The molecule has 6 heterocycles. The van der Waals surface area contributed by atoms with Crippen LogP contribution >= 0.6 is 0 Å². The normalized spacial score (nSPS) is 65.0. The maximum atomic E-state index is 13.2. The second kappa shape index (κ2) is 3.91. The summed E-state index contributed by atoms with van der Waals surface area (Å²) in [7, 11) is -3.42. The summed E-state index contributed by atoms with van der Waals surface area (Å²) in [4.78, 5) is 12.4. The minimum atomic E-state index is -3.42. The molecule has 5 saturated heterocycles. The topological polar surface area (TPSA) is 78.9 Å². The number of hydrogen-bond acceptors (Lipinski definition) is 6. The van der Waals surface area contributed by atoms with E-state index in [0.29, 0.717) is 6.42 Å². The molecule has 0 aromatic heterocycles. The number of Topliss-reactive ketones (excluding diaryl/α,β-unsaturated/α-hetero) is 1. The largest absolute Gasteiger partial charge is 0.372 e. The summed E-state index contributed by atoms with van der Waals surface area (Å²) in [5.74, 6) is 0.255. The molecule has 0 spiro atoms. The molecule has 7 aliphatic rings. The van der Waals surface area contributed by atoms with Crippen LogP contribution in [0.1, 0.15) is 12.8 Å². The van der Waals surface area contributed by atoms with Gasteiger partial charge in [0.05, 0.1) is 36.6 Å². The molecule has 25 heavy (non-hydrogen) atoms.